The highest BCUT2D eigenvalue weighted by atomic mass is 32.1. The molecule has 0 radical (unpaired) electrons. The van der Waals surface area contributed by atoms with Crippen LogP contribution in [0, 0.1) is 5.41 Å². The Labute approximate surface area is 101 Å². The first kappa shape index (κ1) is 10.5. The summed E-state index contributed by atoms with van der Waals surface area (Å²) < 4.78 is 4.45. The molecule has 1 spiro atoms. The second-order valence-electron chi connectivity index (χ2n) is 5.61. The third kappa shape index (κ3) is 1.83. The van der Waals surface area contributed by atoms with Crippen molar-refractivity contribution in [3.05, 3.63) is 5.82 Å². The van der Waals surface area contributed by atoms with Crippen molar-refractivity contribution in [1.82, 2.24) is 9.36 Å². The summed E-state index contributed by atoms with van der Waals surface area (Å²) in [6.45, 7) is 6.71. The molecule has 3 nitrogen and oxygen atoms in total. The predicted molar refractivity (Wildman–Crippen MR) is 67.1 cm³/mol. The molecular weight excluding hydrogens is 218 g/mol. The molecule has 0 unspecified atom stereocenters. The lowest BCUT2D eigenvalue weighted by molar-refractivity contribution is 0.395. The Hall–Kier alpha value is -0.640. The first-order valence-corrected chi connectivity index (χ1v) is 7.04. The van der Waals surface area contributed by atoms with Crippen LogP contribution in [0.1, 0.15) is 51.3 Å². The number of hydrogen-bond donors (Lipinski definition) is 0. The van der Waals surface area contributed by atoms with Crippen LogP contribution >= 0.6 is 11.5 Å². The highest BCUT2D eigenvalue weighted by Gasteiger charge is 2.45. The molecule has 0 atom stereocenters. The van der Waals surface area contributed by atoms with E-state index < -0.39 is 0 Å². The Kier molecular flexibility index (Phi) is 2.42. The smallest absolute Gasteiger partial charge is 0.205 e. The third-order valence-electron chi connectivity index (χ3n) is 3.84. The molecule has 2 heterocycles. The summed E-state index contributed by atoms with van der Waals surface area (Å²) in [7, 11) is 0. The lowest BCUT2D eigenvalue weighted by Crippen LogP contribution is -2.36. The third-order valence-corrected chi connectivity index (χ3v) is 4.63. The molecule has 16 heavy (non-hydrogen) atoms. The van der Waals surface area contributed by atoms with Gasteiger partial charge in [0, 0.05) is 30.5 Å². The van der Waals surface area contributed by atoms with E-state index in [1.54, 1.807) is 11.5 Å². The zero-order valence-electron chi connectivity index (χ0n) is 10.1. The first-order chi connectivity index (χ1) is 7.69. The standard InChI is InChI=1S/C12H19N3S/c1-9(2)10-13-11(16-14-10)15-7-3-4-12(8-15)5-6-12/h9H,3-8H2,1-2H3. The average molecular weight is 237 g/mol. The highest BCUT2D eigenvalue weighted by molar-refractivity contribution is 7.09. The molecule has 0 N–H and O–H groups in total. The number of rotatable bonds is 2. The molecule has 4 heteroatoms. The van der Waals surface area contributed by atoms with Crippen LogP contribution in [0.2, 0.25) is 0 Å². The predicted octanol–water partition coefficient (Wildman–Crippen LogP) is 3.04. The van der Waals surface area contributed by atoms with E-state index in [-0.39, 0.29) is 0 Å². The fourth-order valence-electron chi connectivity index (χ4n) is 2.55. The van der Waals surface area contributed by atoms with Gasteiger partial charge in [-0.1, -0.05) is 13.8 Å². The first-order valence-electron chi connectivity index (χ1n) is 6.27. The van der Waals surface area contributed by atoms with Crippen LogP contribution in [0.15, 0.2) is 0 Å². The Morgan fingerprint density at radius 3 is 2.75 bits per heavy atom. The quantitative estimate of drug-likeness (QED) is 0.791. The molecule has 2 aliphatic rings. The topological polar surface area (TPSA) is 29.0 Å². The average Bonchev–Trinajstić information content (AvgIpc) is 2.85. The summed E-state index contributed by atoms with van der Waals surface area (Å²) >= 11 is 1.58. The summed E-state index contributed by atoms with van der Waals surface area (Å²) in [6, 6.07) is 0. The van der Waals surface area contributed by atoms with Crippen molar-refractivity contribution in [3.63, 3.8) is 0 Å². The largest absolute Gasteiger partial charge is 0.346 e. The number of nitrogens with zero attached hydrogens (tertiary/aromatic N) is 3. The summed E-state index contributed by atoms with van der Waals surface area (Å²) in [5.41, 5.74) is 0.669. The monoisotopic (exact) mass is 237 g/mol. The van der Waals surface area contributed by atoms with Gasteiger partial charge < -0.3 is 4.90 Å². The number of anilines is 1. The lowest BCUT2D eigenvalue weighted by Gasteiger charge is -2.32. The van der Waals surface area contributed by atoms with E-state index in [9.17, 15) is 0 Å². The van der Waals surface area contributed by atoms with Crippen LogP contribution in [0.25, 0.3) is 0 Å². The summed E-state index contributed by atoms with van der Waals surface area (Å²) in [5.74, 6) is 1.46. The second kappa shape index (κ2) is 3.69. The van der Waals surface area contributed by atoms with Crippen LogP contribution in [-0.4, -0.2) is 22.4 Å². The van der Waals surface area contributed by atoms with Gasteiger partial charge in [0.1, 0.15) is 5.82 Å². The fraction of sp³-hybridized carbons (Fsp3) is 0.833. The zero-order valence-corrected chi connectivity index (χ0v) is 10.9. The van der Waals surface area contributed by atoms with Gasteiger partial charge in [-0.05, 0) is 31.1 Å². The van der Waals surface area contributed by atoms with E-state index in [1.165, 1.54) is 38.8 Å². The summed E-state index contributed by atoms with van der Waals surface area (Å²) in [4.78, 5) is 7.12. The van der Waals surface area contributed by atoms with Gasteiger partial charge >= 0.3 is 0 Å². The summed E-state index contributed by atoms with van der Waals surface area (Å²) in [5, 5.41) is 1.15. The van der Waals surface area contributed by atoms with Gasteiger partial charge in [0.05, 0.1) is 0 Å². The fourth-order valence-corrected chi connectivity index (χ4v) is 3.38. The molecule has 0 bridgehead atoms. The molecule has 1 saturated carbocycles. The Bertz CT molecular complexity index is 381. The van der Waals surface area contributed by atoms with Gasteiger partial charge in [-0.2, -0.15) is 4.37 Å². The number of hydrogen-bond acceptors (Lipinski definition) is 4. The molecule has 1 aromatic rings. The molecule has 0 aromatic carbocycles. The minimum atomic E-state index is 0.449. The van der Waals surface area contributed by atoms with Crippen LogP contribution in [0.5, 0.6) is 0 Å². The van der Waals surface area contributed by atoms with Gasteiger partial charge in [0.25, 0.3) is 0 Å². The number of aromatic nitrogens is 2. The van der Waals surface area contributed by atoms with Crippen molar-refractivity contribution in [3.8, 4) is 0 Å². The summed E-state index contributed by atoms with van der Waals surface area (Å²) in [6.07, 6.45) is 5.62. The van der Waals surface area contributed by atoms with Gasteiger partial charge in [-0.15, -0.1) is 0 Å². The van der Waals surface area contributed by atoms with Crippen LogP contribution < -0.4 is 4.90 Å². The van der Waals surface area contributed by atoms with Crippen molar-refractivity contribution in [2.45, 2.75) is 45.4 Å². The molecule has 0 amide bonds. The molecule has 88 valence electrons. The minimum absolute atomic E-state index is 0.449. The molecule has 1 aliphatic carbocycles. The van der Waals surface area contributed by atoms with E-state index in [4.69, 9.17) is 0 Å². The van der Waals surface area contributed by atoms with Crippen LogP contribution in [-0.2, 0) is 0 Å². The van der Waals surface area contributed by atoms with E-state index in [1.807, 2.05) is 0 Å². The van der Waals surface area contributed by atoms with Gasteiger partial charge in [0.2, 0.25) is 5.13 Å². The Balaban J connectivity index is 1.75. The second-order valence-corrected chi connectivity index (χ2v) is 6.35. The Morgan fingerprint density at radius 2 is 2.12 bits per heavy atom. The molecule has 1 saturated heterocycles. The van der Waals surface area contributed by atoms with Crippen molar-refractivity contribution >= 4 is 16.7 Å². The normalized spacial score (nSPS) is 23.1. The van der Waals surface area contributed by atoms with Crippen LogP contribution in [0.3, 0.4) is 0 Å². The van der Waals surface area contributed by atoms with Crippen molar-refractivity contribution in [2.75, 3.05) is 18.0 Å². The van der Waals surface area contributed by atoms with E-state index in [0.717, 1.165) is 11.0 Å². The van der Waals surface area contributed by atoms with E-state index in [0.29, 0.717) is 11.3 Å². The number of piperidine rings is 1. The molecular formula is C12H19N3S. The van der Waals surface area contributed by atoms with E-state index in [2.05, 4.69) is 28.1 Å². The van der Waals surface area contributed by atoms with Crippen molar-refractivity contribution in [1.29, 1.82) is 0 Å². The minimum Gasteiger partial charge on any atom is -0.346 e. The van der Waals surface area contributed by atoms with Gasteiger partial charge in [-0.3, -0.25) is 0 Å². The zero-order chi connectivity index (χ0) is 11.2. The van der Waals surface area contributed by atoms with Crippen molar-refractivity contribution in [2.24, 2.45) is 5.41 Å². The van der Waals surface area contributed by atoms with Crippen molar-refractivity contribution < 1.29 is 0 Å². The SMILES string of the molecule is CC(C)c1nsc(N2CCCC3(CC3)C2)n1. The van der Waals surface area contributed by atoms with Crippen LogP contribution in [0.4, 0.5) is 5.13 Å². The molecule has 1 aliphatic heterocycles. The molecule has 1 aromatic heterocycles. The molecule has 3 rings (SSSR count). The lowest BCUT2D eigenvalue weighted by atomic mass is 9.95. The maximum atomic E-state index is 4.66. The maximum absolute atomic E-state index is 4.66. The Morgan fingerprint density at radius 1 is 1.31 bits per heavy atom. The van der Waals surface area contributed by atoms with Gasteiger partial charge in [-0.25, -0.2) is 4.98 Å². The highest BCUT2D eigenvalue weighted by Crippen LogP contribution is 2.52. The maximum Gasteiger partial charge on any atom is 0.205 e. The van der Waals surface area contributed by atoms with E-state index >= 15 is 0 Å². The molecule has 2 fully saturated rings. The van der Waals surface area contributed by atoms with Gasteiger partial charge in [0.15, 0.2) is 0 Å².